The first kappa shape index (κ1) is 17.2. The molecule has 0 spiro atoms. The first-order chi connectivity index (χ1) is 12.0. The average Bonchev–Trinajstić information content (AvgIpc) is 3.20. The summed E-state index contributed by atoms with van der Waals surface area (Å²) in [5.41, 5.74) is 1.40. The molecule has 0 bridgehead atoms. The minimum atomic E-state index is -0.526. The van der Waals surface area contributed by atoms with Crippen LogP contribution in [0.2, 0.25) is 0 Å². The standard InChI is InChI=1S/C19H21N3O3/c1-12(2)22-16-8-4-3-7-14(16)17(19(22)24)15(10-20)18(23)21-11-13-6-5-9-25-13/h3-4,7-8,12-13H,5-6,9,11H2,1-2H3,(H,21,23). The summed E-state index contributed by atoms with van der Waals surface area (Å²) in [5.74, 6) is -0.832. The average molecular weight is 339 g/mol. The lowest BCUT2D eigenvalue weighted by Crippen LogP contribution is -2.35. The van der Waals surface area contributed by atoms with Gasteiger partial charge in [-0.3, -0.25) is 9.59 Å². The third-order valence-electron chi connectivity index (χ3n) is 4.49. The molecule has 2 amide bonds. The zero-order chi connectivity index (χ0) is 18.0. The molecule has 130 valence electrons. The molecule has 1 unspecified atom stereocenters. The third-order valence-corrected chi connectivity index (χ3v) is 4.49. The second kappa shape index (κ2) is 7.08. The summed E-state index contributed by atoms with van der Waals surface area (Å²) in [6.45, 7) is 4.85. The van der Waals surface area contributed by atoms with Crippen molar-refractivity contribution in [3.63, 3.8) is 0 Å². The number of nitrogens with one attached hydrogen (secondary N) is 1. The van der Waals surface area contributed by atoms with Gasteiger partial charge < -0.3 is 15.0 Å². The molecule has 1 N–H and O–H groups in total. The molecule has 2 aliphatic heterocycles. The van der Waals surface area contributed by atoms with Crippen LogP contribution in [0.4, 0.5) is 5.69 Å². The number of benzene rings is 1. The highest BCUT2D eigenvalue weighted by molar-refractivity contribution is 6.37. The Morgan fingerprint density at radius 1 is 1.44 bits per heavy atom. The molecular formula is C19H21N3O3. The van der Waals surface area contributed by atoms with Crippen molar-refractivity contribution >= 4 is 23.1 Å². The molecule has 2 heterocycles. The molecular weight excluding hydrogens is 318 g/mol. The van der Waals surface area contributed by atoms with E-state index >= 15 is 0 Å². The van der Waals surface area contributed by atoms with Gasteiger partial charge in [0, 0.05) is 24.8 Å². The molecule has 1 atom stereocenters. The van der Waals surface area contributed by atoms with E-state index in [2.05, 4.69) is 5.32 Å². The van der Waals surface area contributed by atoms with E-state index in [-0.39, 0.29) is 29.2 Å². The molecule has 25 heavy (non-hydrogen) atoms. The molecule has 1 saturated heterocycles. The van der Waals surface area contributed by atoms with Crippen molar-refractivity contribution < 1.29 is 14.3 Å². The Morgan fingerprint density at radius 2 is 2.20 bits per heavy atom. The fourth-order valence-electron chi connectivity index (χ4n) is 3.31. The topological polar surface area (TPSA) is 82.4 Å². The van der Waals surface area contributed by atoms with Crippen LogP contribution in [0.15, 0.2) is 29.8 Å². The Morgan fingerprint density at radius 3 is 2.84 bits per heavy atom. The van der Waals surface area contributed by atoms with Crippen molar-refractivity contribution in [3.05, 3.63) is 35.4 Å². The number of ether oxygens (including phenoxy) is 1. The number of nitrogens with zero attached hydrogens (tertiary/aromatic N) is 2. The summed E-state index contributed by atoms with van der Waals surface area (Å²) in [7, 11) is 0. The summed E-state index contributed by atoms with van der Waals surface area (Å²) in [6, 6.07) is 9.11. The van der Waals surface area contributed by atoms with E-state index in [4.69, 9.17) is 4.74 Å². The minimum Gasteiger partial charge on any atom is -0.376 e. The summed E-state index contributed by atoms with van der Waals surface area (Å²) in [6.07, 6.45) is 1.84. The van der Waals surface area contributed by atoms with Crippen molar-refractivity contribution in [3.8, 4) is 6.07 Å². The number of anilines is 1. The fourth-order valence-corrected chi connectivity index (χ4v) is 3.31. The predicted molar refractivity (Wildman–Crippen MR) is 93.6 cm³/mol. The van der Waals surface area contributed by atoms with Crippen molar-refractivity contribution in [2.24, 2.45) is 0 Å². The van der Waals surface area contributed by atoms with E-state index in [1.807, 2.05) is 32.0 Å². The van der Waals surface area contributed by atoms with E-state index < -0.39 is 5.91 Å². The van der Waals surface area contributed by atoms with E-state index in [0.717, 1.165) is 18.5 Å². The monoisotopic (exact) mass is 339 g/mol. The van der Waals surface area contributed by atoms with Crippen LogP contribution in [-0.4, -0.2) is 37.1 Å². The van der Waals surface area contributed by atoms with Crippen LogP contribution in [0.1, 0.15) is 32.3 Å². The maximum atomic E-state index is 12.9. The second-order valence-electron chi connectivity index (χ2n) is 6.49. The van der Waals surface area contributed by atoms with Gasteiger partial charge in [-0.25, -0.2) is 0 Å². The van der Waals surface area contributed by atoms with Gasteiger partial charge in [-0.1, -0.05) is 18.2 Å². The van der Waals surface area contributed by atoms with Crippen LogP contribution in [0.25, 0.3) is 5.57 Å². The molecule has 2 aliphatic rings. The third kappa shape index (κ3) is 3.15. The van der Waals surface area contributed by atoms with Gasteiger partial charge in [0.15, 0.2) is 0 Å². The number of carbonyl (C=O) groups is 2. The highest BCUT2D eigenvalue weighted by Gasteiger charge is 2.37. The highest BCUT2D eigenvalue weighted by atomic mass is 16.5. The SMILES string of the molecule is CC(C)N1C(=O)C(=C(C#N)C(=O)NCC2CCCO2)c2ccccc21. The molecule has 1 aromatic carbocycles. The number of hydrogen-bond acceptors (Lipinski definition) is 4. The summed E-state index contributed by atoms with van der Waals surface area (Å²) in [5, 5.41) is 12.3. The van der Waals surface area contributed by atoms with Crippen molar-refractivity contribution in [2.45, 2.75) is 38.8 Å². The molecule has 1 fully saturated rings. The minimum absolute atomic E-state index is 0.0207. The lowest BCUT2D eigenvalue weighted by atomic mass is 10.0. The molecule has 1 aromatic rings. The Hall–Kier alpha value is -2.65. The molecule has 3 rings (SSSR count). The van der Waals surface area contributed by atoms with Crippen molar-refractivity contribution in [1.82, 2.24) is 5.32 Å². The fraction of sp³-hybridized carbons (Fsp3) is 0.421. The van der Waals surface area contributed by atoms with Crippen LogP contribution >= 0.6 is 0 Å². The van der Waals surface area contributed by atoms with Gasteiger partial charge in [-0.2, -0.15) is 5.26 Å². The Kier molecular flexibility index (Phi) is 4.86. The molecule has 6 heteroatoms. The van der Waals surface area contributed by atoms with Gasteiger partial charge in [0.2, 0.25) is 0 Å². The smallest absolute Gasteiger partial charge is 0.262 e. The van der Waals surface area contributed by atoms with Gasteiger partial charge in [0.05, 0.1) is 17.4 Å². The number of rotatable bonds is 4. The van der Waals surface area contributed by atoms with Gasteiger partial charge in [-0.05, 0) is 32.8 Å². The normalized spacial score (nSPS) is 21.3. The largest absolute Gasteiger partial charge is 0.376 e. The van der Waals surface area contributed by atoms with Gasteiger partial charge in [0.25, 0.3) is 11.8 Å². The van der Waals surface area contributed by atoms with Gasteiger partial charge in [-0.15, -0.1) is 0 Å². The van der Waals surface area contributed by atoms with Gasteiger partial charge in [0.1, 0.15) is 11.6 Å². The molecule has 0 aliphatic carbocycles. The number of hydrogen-bond donors (Lipinski definition) is 1. The van der Waals surface area contributed by atoms with Crippen molar-refractivity contribution in [1.29, 1.82) is 5.26 Å². The highest BCUT2D eigenvalue weighted by Crippen LogP contribution is 2.39. The Labute approximate surface area is 147 Å². The summed E-state index contributed by atoms with van der Waals surface area (Å²) >= 11 is 0. The summed E-state index contributed by atoms with van der Waals surface area (Å²) < 4.78 is 5.48. The lowest BCUT2D eigenvalue weighted by Gasteiger charge is -2.21. The predicted octanol–water partition coefficient (Wildman–Crippen LogP) is 2.01. The first-order valence-electron chi connectivity index (χ1n) is 8.51. The first-order valence-corrected chi connectivity index (χ1v) is 8.51. The van der Waals surface area contributed by atoms with Crippen molar-refractivity contribution in [2.75, 3.05) is 18.1 Å². The van der Waals surface area contributed by atoms with Gasteiger partial charge >= 0.3 is 0 Å². The van der Waals surface area contributed by atoms with E-state index in [0.29, 0.717) is 18.7 Å². The molecule has 0 saturated carbocycles. The quantitative estimate of drug-likeness (QED) is 0.672. The maximum Gasteiger partial charge on any atom is 0.262 e. The number of para-hydroxylation sites is 1. The lowest BCUT2D eigenvalue weighted by molar-refractivity contribution is -0.118. The van der Waals surface area contributed by atoms with Crippen LogP contribution < -0.4 is 10.2 Å². The van der Waals surface area contributed by atoms with Crippen LogP contribution in [0.5, 0.6) is 0 Å². The maximum absolute atomic E-state index is 12.9. The van der Waals surface area contributed by atoms with E-state index in [1.165, 1.54) is 0 Å². The number of fused-ring (bicyclic) bond motifs is 1. The van der Waals surface area contributed by atoms with E-state index in [9.17, 15) is 14.9 Å². The number of nitriles is 1. The van der Waals surface area contributed by atoms with Crippen LogP contribution in [-0.2, 0) is 14.3 Å². The summed E-state index contributed by atoms with van der Waals surface area (Å²) in [4.78, 5) is 27.0. The Bertz CT molecular complexity index is 770. The molecule has 6 nitrogen and oxygen atoms in total. The Balaban J connectivity index is 1.94. The second-order valence-corrected chi connectivity index (χ2v) is 6.49. The van der Waals surface area contributed by atoms with E-state index in [1.54, 1.807) is 17.0 Å². The van der Waals surface area contributed by atoms with Crippen LogP contribution in [0, 0.1) is 11.3 Å². The zero-order valence-corrected chi connectivity index (χ0v) is 14.4. The van der Waals surface area contributed by atoms with Crippen LogP contribution in [0.3, 0.4) is 0 Å². The number of amides is 2. The molecule has 0 aromatic heterocycles. The molecule has 0 radical (unpaired) electrons. The zero-order valence-electron chi connectivity index (χ0n) is 14.4. The number of carbonyl (C=O) groups excluding carboxylic acids is 2.